The SMILES string of the molecule is CC(N(C)c1nc(NN)ncc1[N+](=O)[O-])C(C)(C)C. The molecule has 0 saturated carbocycles. The van der Waals surface area contributed by atoms with Crippen molar-refractivity contribution in [1.29, 1.82) is 0 Å². The zero-order valence-electron chi connectivity index (χ0n) is 11.8. The first-order chi connectivity index (χ1) is 8.68. The fourth-order valence-corrected chi connectivity index (χ4v) is 1.59. The third kappa shape index (κ3) is 3.28. The average Bonchev–Trinajstić information content (AvgIpc) is 2.34. The second kappa shape index (κ2) is 5.35. The van der Waals surface area contributed by atoms with Crippen LogP contribution in [-0.2, 0) is 0 Å². The first-order valence-electron chi connectivity index (χ1n) is 5.89. The number of nitrogens with zero attached hydrogens (tertiary/aromatic N) is 4. The molecule has 8 heteroatoms. The molecule has 1 unspecified atom stereocenters. The van der Waals surface area contributed by atoms with Crippen LogP contribution in [0.4, 0.5) is 17.5 Å². The van der Waals surface area contributed by atoms with Crippen LogP contribution in [-0.4, -0.2) is 28.0 Å². The van der Waals surface area contributed by atoms with Crippen LogP contribution in [0.15, 0.2) is 6.20 Å². The van der Waals surface area contributed by atoms with E-state index < -0.39 is 4.92 Å². The predicted molar refractivity (Wildman–Crippen MR) is 73.8 cm³/mol. The Morgan fingerprint density at radius 2 is 2.11 bits per heavy atom. The van der Waals surface area contributed by atoms with Crippen LogP contribution in [0.25, 0.3) is 0 Å². The number of anilines is 2. The molecule has 1 heterocycles. The van der Waals surface area contributed by atoms with E-state index in [2.05, 4.69) is 36.2 Å². The number of rotatable bonds is 4. The molecule has 19 heavy (non-hydrogen) atoms. The summed E-state index contributed by atoms with van der Waals surface area (Å²) in [6, 6.07) is 0.0479. The summed E-state index contributed by atoms with van der Waals surface area (Å²) in [6.45, 7) is 8.16. The molecule has 106 valence electrons. The van der Waals surface area contributed by atoms with Crippen molar-refractivity contribution in [3.05, 3.63) is 16.3 Å². The first kappa shape index (κ1) is 15.1. The Morgan fingerprint density at radius 1 is 1.53 bits per heavy atom. The van der Waals surface area contributed by atoms with Gasteiger partial charge in [0.05, 0.1) is 4.92 Å². The molecule has 0 aliphatic carbocycles. The second-order valence-corrected chi connectivity index (χ2v) is 5.46. The zero-order valence-corrected chi connectivity index (χ0v) is 11.8. The lowest BCUT2D eigenvalue weighted by Crippen LogP contribution is -2.40. The summed E-state index contributed by atoms with van der Waals surface area (Å²) in [4.78, 5) is 20.2. The monoisotopic (exact) mass is 268 g/mol. The van der Waals surface area contributed by atoms with Gasteiger partial charge in [0.1, 0.15) is 6.20 Å². The van der Waals surface area contributed by atoms with Gasteiger partial charge in [0.2, 0.25) is 11.8 Å². The summed E-state index contributed by atoms with van der Waals surface area (Å²) >= 11 is 0. The van der Waals surface area contributed by atoms with Crippen LogP contribution >= 0.6 is 0 Å². The Balaban J connectivity index is 3.26. The van der Waals surface area contributed by atoms with Crippen LogP contribution in [0.1, 0.15) is 27.7 Å². The lowest BCUT2D eigenvalue weighted by Gasteiger charge is -2.35. The maximum absolute atomic E-state index is 11.0. The molecule has 0 fully saturated rings. The van der Waals surface area contributed by atoms with Gasteiger partial charge in [-0.15, -0.1) is 0 Å². The second-order valence-electron chi connectivity index (χ2n) is 5.46. The van der Waals surface area contributed by atoms with E-state index in [9.17, 15) is 10.1 Å². The molecular formula is C11H20N6O2. The van der Waals surface area contributed by atoms with E-state index in [4.69, 9.17) is 5.84 Å². The minimum absolute atomic E-state index is 0.0479. The summed E-state index contributed by atoms with van der Waals surface area (Å²) in [5, 5.41) is 11.0. The van der Waals surface area contributed by atoms with Gasteiger partial charge < -0.3 is 4.90 Å². The number of nitrogens with one attached hydrogen (secondary N) is 1. The lowest BCUT2D eigenvalue weighted by atomic mass is 9.87. The third-order valence-corrected chi connectivity index (χ3v) is 3.24. The molecule has 0 aromatic carbocycles. The van der Waals surface area contributed by atoms with E-state index >= 15 is 0 Å². The largest absolute Gasteiger partial charge is 0.351 e. The molecule has 1 atom stereocenters. The van der Waals surface area contributed by atoms with Crippen molar-refractivity contribution in [2.24, 2.45) is 11.3 Å². The van der Waals surface area contributed by atoms with E-state index in [1.54, 1.807) is 11.9 Å². The normalized spacial score (nSPS) is 12.9. The molecule has 1 aromatic rings. The highest BCUT2D eigenvalue weighted by Gasteiger charge is 2.29. The maximum Gasteiger partial charge on any atom is 0.329 e. The van der Waals surface area contributed by atoms with E-state index in [-0.39, 0.29) is 28.9 Å². The van der Waals surface area contributed by atoms with Crippen molar-refractivity contribution in [1.82, 2.24) is 9.97 Å². The van der Waals surface area contributed by atoms with Crippen molar-refractivity contribution < 1.29 is 4.92 Å². The predicted octanol–water partition coefficient (Wildman–Crippen LogP) is 1.54. The molecule has 1 aromatic heterocycles. The summed E-state index contributed by atoms with van der Waals surface area (Å²) in [7, 11) is 1.77. The van der Waals surface area contributed by atoms with Gasteiger partial charge >= 0.3 is 5.69 Å². The number of nitro groups is 1. The van der Waals surface area contributed by atoms with Crippen molar-refractivity contribution in [3.8, 4) is 0 Å². The molecule has 1 rings (SSSR count). The number of hydrazine groups is 1. The summed E-state index contributed by atoms with van der Waals surface area (Å²) in [6.07, 6.45) is 1.16. The molecule has 0 aliphatic heterocycles. The topological polar surface area (TPSA) is 110 Å². The average molecular weight is 268 g/mol. The number of nitrogens with two attached hydrogens (primary N) is 1. The number of hydrogen-bond acceptors (Lipinski definition) is 7. The third-order valence-electron chi connectivity index (χ3n) is 3.24. The van der Waals surface area contributed by atoms with Gasteiger partial charge in [-0.1, -0.05) is 20.8 Å². The van der Waals surface area contributed by atoms with Gasteiger partial charge in [-0.2, -0.15) is 4.98 Å². The molecule has 0 bridgehead atoms. The minimum atomic E-state index is -0.499. The first-order valence-corrected chi connectivity index (χ1v) is 5.89. The Hall–Kier alpha value is -1.96. The highest BCUT2D eigenvalue weighted by Crippen LogP contribution is 2.31. The van der Waals surface area contributed by atoms with E-state index in [1.165, 1.54) is 0 Å². The maximum atomic E-state index is 11.0. The van der Waals surface area contributed by atoms with Gasteiger partial charge in [0, 0.05) is 13.1 Å². The van der Waals surface area contributed by atoms with Gasteiger partial charge in [-0.05, 0) is 12.3 Å². The Labute approximate surface area is 112 Å². The lowest BCUT2D eigenvalue weighted by molar-refractivity contribution is -0.384. The van der Waals surface area contributed by atoms with Crippen LogP contribution < -0.4 is 16.2 Å². The number of aromatic nitrogens is 2. The molecule has 0 spiro atoms. The van der Waals surface area contributed by atoms with Gasteiger partial charge in [0.15, 0.2) is 0 Å². The van der Waals surface area contributed by atoms with Crippen LogP contribution in [0.3, 0.4) is 0 Å². The number of hydrogen-bond donors (Lipinski definition) is 2. The van der Waals surface area contributed by atoms with Crippen molar-refractivity contribution in [3.63, 3.8) is 0 Å². The minimum Gasteiger partial charge on any atom is -0.351 e. The standard InChI is InChI=1S/C11H20N6O2/c1-7(11(2,3)4)16(5)9-8(17(18)19)6-13-10(14-9)15-12/h6-7H,12H2,1-5H3,(H,13,14,15). The van der Waals surface area contributed by atoms with E-state index in [0.29, 0.717) is 0 Å². The fourth-order valence-electron chi connectivity index (χ4n) is 1.59. The zero-order chi connectivity index (χ0) is 14.8. The van der Waals surface area contributed by atoms with Gasteiger partial charge in [-0.25, -0.2) is 10.8 Å². The molecule has 8 nitrogen and oxygen atoms in total. The summed E-state index contributed by atoms with van der Waals surface area (Å²) in [5.74, 6) is 5.64. The molecular weight excluding hydrogens is 248 g/mol. The Kier molecular flexibility index (Phi) is 4.25. The quantitative estimate of drug-likeness (QED) is 0.484. The van der Waals surface area contributed by atoms with Gasteiger partial charge in [-0.3, -0.25) is 15.5 Å². The molecule has 0 saturated heterocycles. The van der Waals surface area contributed by atoms with Crippen LogP contribution in [0, 0.1) is 15.5 Å². The summed E-state index contributed by atoms with van der Waals surface area (Å²) in [5.41, 5.74) is 2.10. The smallest absolute Gasteiger partial charge is 0.329 e. The highest BCUT2D eigenvalue weighted by atomic mass is 16.6. The van der Waals surface area contributed by atoms with Gasteiger partial charge in [0.25, 0.3) is 0 Å². The van der Waals surface area contributed by atoms with Crippen molar-refractivity contribution in [2.75, 3.05) is 17.4 Å². The number of nitrogen functional groups attached to an aromatic ring is 1. The molecule has 3 N–H and O–H groups in total. The fraction of sp³-hybridized carbons (Fsp3) is 0.636. The van der Waals surface area contributed by atoms with Crippen molar-refractivity contribution >= 4 is 17.5 Å². The highest BCUT2D eigenvalue weighted by molar-refractivity contribution is 5.59. The summed E-state index contributed by atoms with van der Waals surface area (Å²) < 4.78 is 0. The van der Waals surface area contributed by atoms with E-state index in [1.807, 2.05) is 6.92 Å². The van der Waals surface area contributed by atoms with Crippen molar-refractivity contribution in [2.45, 2.75) is 33.7 Å². The molecule has 0 amide bonds. The van der Waals surface area contributed by atoms with E-state index in [0.717, 1.165) is 6.20 Å². The van der Waals surface area contributed by atoms with Crippen LogP contribution in [0.2, 0.25) is 0 Å². The van der Waals surface area contributed by atoms with Crippen LogP contribution in [0.5, 0.6) is 0 Å². The molecule has 0 aliphatic rings. The Morgan fingerprint density at radius 3 is 2.53 bits per heavy atom. The molecule has 0 radical (unpaired) electrons. The Bertz CT molecular complexity index is 471.